The summed E-state index contributed by atoms with van der Waals surface area (Å²) in [6, 6.07) is 0. The summed E-state index contributed by atoms with van der Waals surface area (Å²) >= 11 is 0. The van der Waals surface area contributed by atoms with Gasteiger partial charge in [-0.2, -0.15) is 0 Å². The van der Waals surface area contributed by atoms with Crippen molar-refractivity contribution in [2.24, 2.45) is 0 Å². The van der Waals surface area contributed by atoms with E-state index in [2.05, 4.69) is 9.05 Å². The fourth-order valence-electron chi connectivity index (χ4n) is 0.177. The third-order valence-electron chi connectivity index (χ3n) is 0.429. The summed E-state index contributed by atoms with van der Waals surface area (Å²) in [5.74, 6) is 0. The van der Waals surface area contributed by atoms with Gasteiger partial charge in [-0.3, -0.25) is 4.57 Å². The van der Waals surface area contributed by atoms with Crippen LogP contribution >= 0.6 is 8.25 Å². The molecule has 1 atom stereocenters. The maximum absolute atomic E-state index is 10.2. The Hall–Kier alpha value is 0.773. The largest absolute Gasteiger partial charge is 0.318 e. The molecule has 8 heavy (non-hydrogen) atoms. The maximum atomic E-state index is 10.2. The predicted molar refractivity (Wildman–Crippen MR) is 27.6 cm³/mol. The first-order valence-electron chi connectivity index (χ1n) is 2.02. The zero-order valence-electron chi connectivity index (χ0n) is 5.14. The van der Waals surface area contributed by atoms with Crippen molar-refractivity contribution >= 4 is 8.25 Å². The molecule has 0 saturated heterocycles. The van der Waals surface area contributed by atoms with Crippen molar-refractivity contribution in [3.05, 3.63) is 0 Å². The Morgan fingerprint density at radius 1 is 1.62 bits per heavy atom. The average Bonchev–Trinajstić information content (AvgIpc) is 1.68. The molecule has 0 aromatic carbocycles. The Labute approximate surface area is 62.5 Å². The molecule has 0 amide bonds. The van der Waals surface area contributed by atoms with E-state index in [0.717, 1.165) is 0 Å². The van der Waals surface area contributed by atoms with Crippen LogP contribution in [0.25, 0.3) is 0 Å². The first-order chi connectivity index (χ1) is 3.31. The molecule has 0 N–H and O–H groups in total. The molecule has 0 radical (unpaired) electrons. The summed E-state index contributed by atoms with van der Waals surface area (Å²) in [6.07, 6.45) is 0. The molecule has 3 nitrogen and oxygen atoms in total. The Balaban J connectivity index is 0. The van der Waals surface area contributed by atoms with E-state index in [4.69, 9.17) is 0 Å². The molecule has 0 heterocycles. The molecule has 0 rings (SSSR count). The third-order valence-corrected chi connectivity index (χ3v) is 1.29. The van der Waals surface area contributed by atoms with Gasteiger partial charge in [-0.05, 0) is 6.92 Å². The zero-order valence-corrected chi connectivity index (χ0v) is 9.11. The van der Waals surface area contributed by atoms with Gasteiger partial charge in [0.25, 0.3) is 0 Å². The molecule has 0 fully saturated rings. The molecule has 0 aliphatic rings. The summed E-state index contributed by atoms with van der Waals surface area (Å²) in [5.41, 5.74) is 0. The summed E-state index contributed by atoms with van der Waals surface area (Å²) in [6.45, 7) is 2.22. The van der Waals surface area contributed by atoms with Crippen LogP contribution in [0.2, 0.25) is 0 Å². The monoisotopic (exact) mass is 188 g/mol. The molecule has 46 valence electrons. The summed E-state index contributed by atoms with van der Waals surface area (Å²) in [4.78, 5) is 0. The smallest absolute Gasteiger partial charge is 0.314 e. The Bertz CT molecular complexity index is 67.5. The van der Waals surface area contributed by atoms with Crippen molar-refractivity contribution in [2.45, 2.75) is 6.92 Å². The number of rotatable bonds is 3. The molecule has 0 aromatic rings. The van der Waals surface area contributed by atoms with Crippen LogP contribution in [0.15, 0.2) is 0 Å². The molecule has 5 heteroatoms. The van der Waals surface area contributed by atoms with E-state index in [9.17, 15) is 4.57 Å². The van der Waals surface area contributed by atoms with Crippen molar-refractivity contribution in [3.63, 3.8) is 0 Å². The van der Waals surface area contributed by atoms with Gasteiger partial charge in [-0.1, -0.05) is 0 Å². The fourth-order valence-corrected chi connectivity index (χ4v) is 0.530. The van der Waals surface area contributed by atoms with Crippen LogP contribution in [0.5, 0.6) is 0 Å². The van der Waals surface area contributed by atoms with Gasteiger partial charge in [0.2, 0.25) is 0 Å². The Morgan fingerprint density at radius 2 is 2.12 bits per heavy atom. The zero-order chi connectivity index (χ0) is 5.70. The second-order valence-electron chi connectivity index (χ2n) is 0.887. The molecular weight excluding hydrogens is 180 g/mol. The van der Waals surface area contributed by atoms with Crippen molar-refractivity contribution in [1.82, 2.24) is 0 Å². The van der Waals surface area contributed by atoms with E-state index in [1.54, 1.807) is 6.92 Å². The molecule has 0 aromatic heterocycles. The van der Waals surface area contributed by atoms with Gasteiger partial charge < -0.3 is 9.05 Å². The van der Waals surface area contributed by atoms with Crippen LogP contribution in [0.4, 0.5) is 0 Å². The molecule has 0 aliphatic carbocycles. The summed E-state index contributed by atoms with van der Waals surface area (Å²) in [5, 5.41) is 0. The first kappa shape index (κ1) is 11.6. The third kappa shape index (κ3) is 6.77. The topological polar surface area (TPSA) is 35.5 Å². The second-order valence-corrected chi connectivity index (χ2v) is 2.08. The van der Waals surface area contributed by atoms with Gasteiger partial charge >= 0.3 is 8.25 Å². The number of hydrogen-bond donors (Lipinski definition) is 0. The summed E-state index contributed by atoms with van der Waals surface area (Å²) in [7, 11) is -0.772. The molecule has 0 bridgehead atoms. The van der Waals surface area contributed by atoms with E-state index in [1.807, 2.05) is 0 Å². The van der Waals surface area contributed by atoms with E-state index >= 15 is 0 Å². The van der Waals surface area contributed by atoms with Crippen molar-refractivity contribution in [2.75, 3.05) is 13.7 Å². The molecular formula is C3H9O3PZn. The van der Waals surface area contributed by atoms with Gasteiger partial charge in [0.1, 0.15) is 0 Å². The van der Waals surface area contributed by atoms with Crippen LogP contribution in [0, 0.1) is 0 Å². The van der Waals surface area contributed by atoms with Crippen molar-refractivity contribution < 1.29 is 33.1 Å². The van der Waals surface area contributed by atoms with Crippen LogP contribution in [0.3, 0.4) is 0 Å². The number of hydrogen-bond acceptors (Lipinski definition) is 3. The molecule has 1 unspecified atom stereocenters. The predicted octanol–water partition coefficient (Wildman–Crippen LogP) is 1.06. The SMILES string of the molecule is CCO[PH](=O)OC.[Zn]. The minimum Gasteiger partial charge on any atom is -0.314 e. The van der Waals surface area contributed by atoms with Crippen LogP contribution in [-0.2, 0) is 33.1 Å². The van der Waals surface area contributed by atoms with Gasteiger partial charge in [0.05, 0.1) is 6.61 Å². The van der Waals surface area contributed by atoms with Crippen LogP contribution in [-0.4, -0.2) is 13.7 Å². The summed E-state index contributed by atoms with van der Waals surface area (Å²) < 4.78 is 19.0. The van der Waals surface area contributed by atoms with Crippen LogP contribution in [0.1, 0.15) is 6.92 Å². The van der Waals surface area contributed by atoms with Gasteiger partial charge in [0, 0.05) is 26.6 Å². The Kier molecular flexibility index (Phi) is 11.2. The van der Waals surface area contributed by atoms with Crippen LogP contribution < -0.4 is 0 Å². The van der Waals surface area contributed by atoms with Gasteiger partial charge in [-0.25, -0.2) is 0 Å². The van der Waals surface area contributed by atoms with E-state index in [1.165, 1.54) is 7.11 Å². The van der Waals surface area contributed by atoms with Gasteiger partial charge in [-0.15, -0.1) is 0 Å². The minimum absolute atomic E-state index is 0. The molecule has 0 spiro atoms. The maximum Gasteiger partial charge on any atom is 0.318 e. The average molecular weight is 189 g/mol. The van der Waals surface area contributed by atoms with E-state index in [-0.39, 0.29) is 19.5 Å². The first-order valence-corrected chi connectivity index (χ1v) is 3.24. The van der Waals surface area contributed by atoms with E-state index < -0.39 is 8.25 Å². The second kappa shape index (κ2) is 7.77. The minimum atomic E-state index is -2.13. The molecule has 0 aliphatic heterocycles. The quantitative estimate of drug-likeness (QED) is 0.492. The fraction of sp³-hybridized carbons (Fsp3) is 1.00. The van der Waals surface area contributed by atoms with Gasteiger partial charge in [0.15, 0.2) is 0 Å². The standard InChI is InChI=1S/C3H9O3P.Zn/c1-3-6-7(4)5-2;/h7H,3H2,1-2H3;. The van der Waals surface area contributed by atoms with E-state index in [0.29, 0.717) is 6.61 Å². The van der Waals surface area contributed by atoms with Crippen molar-refractivity contribution in [1.29, 1.82) is 0 Å². The Morgan fingerprint density at radius 3 is 2.25 bits per heavy atom. The molecule has 0 saturated carbocycles. The normalized spacial score (nSPS) is 12.2. The van der Waals surface area contributed by atoms with Crippen molar-refractivity contribution in [3.8, 4) is 0 Å².